The first-order valence-electron chi connectivity index (χ1n) is 7.22. The van der Waals surface area contributed by atoms with Gasteiger partial charge in [0, 0.05) is 11.1 Å². The van der Waals surface area contributed by atoms with Crippen molar-refractivity contribution in [2.24, 2.45) is 0 Å². The van der Waals surface area contributed by atoms with Crippen LogP contribution in [0.15, 0.2) is 18.2 Å². The van der Waals surface area contributed by atoms with E-state index in [1.54, 1.807) is 0 Å². The molecule has 0 heterocycles. The average Bonchev–Trinajstić information content (AvgIpc) is 2.36. The zero-order valence-electron chi connectivity index (χ0n) is 12.3. The van der Waals surface area contributed by atoms with Crippen LogP contribution >= 0.6 is 11.6 Å². The highest BCUT2D eigenvalue weighted by Crippen LogP contribution is 2.22. The van der Waals surface area contributed by atoms with Crippen molar-refractivity contribution < 1.29 is 4.74 Å². The highest BCUT2D eigenvalue weighted by Gasteiger charge is 2.00. The van der Waals surface area contributed by atoms with Gasteiger partial charge in [-0.15, -0.1) is 0 Å². The topological polar surface area (TPSA) is 21.3 Å². The summed E-state index contributed by atoms with van der Waals surface area (Å²) in [5.41, 5.74) is 1.14. The summed E-state index contributed by atoms with van der Waals surface area (Å²) in [7, 11) is 0. The second-order valence-electron chi connectivity index (χ2n) is 5.28. The van der Waals surface area contributed by atoms with Crippen molar-refractivity contribution in [1.82, 2.24) is 5.32 Å². The van der Waals surface area contributed by atoms with E-state index < -0.39 is 0 Å². The van der Waals surface area contributed by atoms with E-state index in [0.29, 0.717) is 6.04 Å². The van der Waals surface area contributed by atoms with Gasteiger partial charge in [-0.2, -0.15) is 0 Å². The Balaban J connectivity index is 2.06. The summed E-state index contributed by atoms with van der Waals surface area (Å²) >= 11 is 5.95. The number of halogens is 1. The smallest absolute Gasteiger partial charge is 0.123 e. The summed E-state index contributed by atoms with van der Waals surface area (Å²) in [6, 6.07) is 6.37. The molecule has 0 bridgehead atoms. The highest BCUT2D eigenvalue weighted by molar-refractivity contribution is 6.30. The van der Waals surface area contributed by atoms with Gasteiger partial charge in [0.25, 0.3) is 0 Å². The molecule has 0 aliphatic carbocycles. The molecule has 0 aliphatic rings. The summed E-state index contributed by atoms with van der Waals surface area (Å²) < 4.78 is 5.76. The zero-order chi connectivity index (χ0) is 14.1. The van der Waals surface area contributed by atoms with Crippen LogP contribution < -0.4 is 10.1 Å². The van der Waals surface area contributed by atoms with Gasteiger partial charge in [0.05, 0.1) is 6.61 Å². The maximum atomic E-state index is 5.95. The minimum atomic E-state index is 0.592. The molecule has 0 radical (unpaired) electrons. The monoisotopic (exact) mass is 283 g/mol. The first-order chi connectivity index (χ1) is 9.09. The van der Waals surface area contributed by atoms with Gasteiger partial charge in [0.15, 0.2) is 0 Å². The van der Waals surface area contributed by atoms with Gasteiger partial charge in [0.2, 0.25) is 0 Å². The van der Waals surface area contributed by atoms with E-state index in [9.17, 15) is 0 Å². The Morgan fingerprint density at radius 1 is 1.16 bits per heavy atom. The van der Waals surface area contributed by atoms with E-state index in [-0.39, 0.29) is 0 Å². The van der Waals surface area contributed by atoms with Gasteiger partial charge in [-0.05, 0) is 44.0 Å². The molecule has 0 saturated heterocycles. The Labute approximate surface area is 122 Å². The third-order valence-corrected chi connectivity index (χ3v) is 3.27. The van der Waals surface area contributed by atoms with Crippen LogP contribution in [-0.4, -0.2) is 19.2 Å². The molecule has 2 nitrogen and oxygen atoms in total. The van der Waals surface area contributed by atoms with Crippen LogP contribution in [0.25, 0.3) is 0 Å². The van der Waals surface area contributed by atoms with E-state index >= 15 is 0 Å². The van der Waals surface area contributed by atoms with Crippen LogP contribution in [0, 0.1) is 6.92 Å². The fraction of sp³-hybridized carbons (Fsp3) is 0.625. The third-order valence-electron chi connectivity index (χ3n) is 3.03. The molecule has 1 N–H and O–H groups in total. The number of unbranched alkanes of at least 4 members (excludes halogenated alkanes) is 3. The van der Waals surface area contributed by atoms with E-state index in [0.717, 1.165) is 35.9 Å². The number of benzene rings is 1. The molecule has 0 fully saturated rings. The molecule has 0 spiro atoms. The Hall–Kier alpha value is -0.730. The molecular weight excluding hydrogens is 258 g/mol. The first kappa shape index (κ1) is 16.3. The van der Waals surface area contributed by atoms with Crippen molar-refractivity contribution in [1.29, 1.82) is 0 Å². The van der Waals surface area contributed by atoms with E-state index in [2.05, 4.69) is 19.2 Å². The number of nitrogens with one attached hydrogen (secondary N) is 1. The van der Waals surface area contributed by atoms with Gasteiger partial charge in [-0.3, -0.25) is 0 Å². The van der Waals surface area contributed by atoms with Crippen LogP contribution in [0.3, 0.4) is 0 Å². The fourth-order valence-corrected chi connectivity index (χ4v) is 2.04. The van der Waals surface area contributed by atoms with Crippen LogP contribution in [-0.2, 0) is 0 Å². The number of hydrogen-bond donors (Lipinski definition) is 1. The lowest BCUT2D eigenvalue weighted by atomic mass is 10.2. The molecule has 19 heavy (non-hydrogen) atoms. The van der Waals surface area contributed by atoms with Crippen molar-refractivity contribution in [3.05, 3.63) is 28.8 Å². The maximum absolute atomic E-state index is 5.95. The van der Waals surface area contributed by atoms with Crippen molar-refractivity contribution >= 4 is 11.6 Å². The van der Waals surface area contributed by atoms with Crippen LogP contribution in [0.2, 0.25) is 5.02 Å². The van der Waals surface area contributed by atoms with Crippen molar-refractivity contribution in [2.45, 2.75) is 52.5 Å². The number of aryl methyl sites for hydroxylation is 1. The molecule has 108 valence electrons. The van der Waals surface area contributed by atoms with Crippen LogP contribution in [0.1, 0.15) is 45.1 Å². The number of ether oxygens (including phenoxy) is 1. The lowest BCUT2D eigenvalue weighted by Gasteiger charge is -2.10. The summed E-state index contributed by atoms with van der Waals surface area (Å²) in [4.78, 5) is 0. The van der Waals surface area contributed by atoms with Gasteiger partial charge in [-0.25, -0.2) is 0 Å². The fourth-order valence-electron chi connectivity index (χ4n) is 1.88. The summed E-state index contributed by atoms with van der Waals surface area (Å²) in [5.74, 6) is 0.911. The molecule has 1 aromatic rings. The molecule has 0 aliphatic heterocycles. The minimum Gasteiger partial charge on any atom is -0.493 e. The summed E-state index contributed by atoms with van der Waals surface area (Å²) in [6.07, 6.45) is 4.83. The Morgan fingerprint density at radius 2 is 1.89 bits per heavy atom. The average molecular weight is 284 g/mol. The van der Waals surface area contributed by atoms with Crippen molar-refractivity contribution in [2.75, 3.05) is 13.2 Å². The SMILES string of the molecule is Cc1ccc(Cl)cc1OCCCCCCNC(C)C. The normalized spacial score (nSPS) is 11.0. The zero-order valence-corrected chi connectivity index (χ0v) is 13.1. The predicted molar refractivity (Wildman–Crippen MR) is 83.3 cm³/mol. The van der Waals surface area contributed by atoms with E-state index in [4.69, 9.17) is 16.3 Å². The van der Waals surface area contributed by atoms with Gasteiger partial charge >= 0.3 is 0 Å². The molecule has 0 aromatic heterocycles. The molecule has 0 amide bonds. The minimum absolute atomic E-state index is 0.592. The quantitative estimate of drug-likeness (QED) is 0.670. The lowest BCUT2D eigenvalue weighted by Crippen LogP contribution is -2.23. The Bertz CT molecular complexity index is 366. The molecule has 1 rings (SSSR count). The molecule has 0 saturated carbocycles. The molecule has 0 unspecified atom stereocenters. The summed E-state index contributed by atoms with van der Waals surface area (Å²) in [6.45, 7) is 8.30. The van der Waals surface area contributed by atoms with E-state index in [1.165, 1.54) is 19.3 Å². The maximum Gasteiger partial charge on any atom is 0.123 e. The Morgan fingerprint density at radius 3 is 2.63 bits per heavy atom. The first-order valence-corrected chi connectivity index (χ1v) is 7.59. The van der Waals surface area contributed by atoms with Gasteiger partial charge in [-0.1, -0.05) is 44.4 Å². The number of rotatable bonds is 9. The molecule has 3 heteroatoms. The Kier molecular flexibility index (Phi) is 7.92. The van der Waals surface area contributed by atoms with Crippen molar-refractivity contribution in [3.63, 3.8) is 0 Å². The third kappa shape index (κ3) is 7.44. The van der Waals surface area contributed by atoms with Gasteiger partial charge < -0.3 is 10.1 Å². The summed E-state index contributed by atoms with van der Waals surface area (Å²) in [5, 5.41) is 4.17. The van der Waals surface area contributed by atoms with E-state index in [1.807, 2.05) is 25.1 Å². The predicted octanol–water partition coefficient (Wildman–Crippen LogP) is 4.59. The lowest BCUT2D eigenvalue weighted by molar-refractivity contribution is 0.302. The second-order valence-corrected chi connectivity index (χ2v) is 5.72. The van der Waals surface area contributed by atoms with Crippen LogP contribution in [0.4, 0.5) is 0 Å². The standard InChI is InChI=1S/C16H26ClNO/c1-13(2)18-10-6-4-5-7-11-19-16-12-15(17)9-8-14(16)3/h8-9,12-13,18H,4-7,10-11H2,1-3H3. The van der Waals surface area contributed by atoms with Gasteiger partial charge in [0.1, 0.15) is 5.75 Å². The highest BCUT2D eigenvalue weighted by atomic mass is 35.5. The van der Waals surface area contributed by atoms with Crippen molar-refractivity contribution in [3.8, 4) is 5.75 Å². The molecule has 0 atom stereocenters. The molecule has 1 aromatic carbocycles. The molecular formula is C16H26ClNO. The largest absolute Gasteiger partial charge is 0.493 e. The van der Waals surface area contributed by atoms with Crippen LogP contribution in [0.5, 0.6) is 5.75 Å². The number of hydrogen-bond acceptors (Lipinski definition) is 2. The second kappa shape index (κ2) is 9.22.